The standard InChI is InChI=1S/C9H11BrN2OS/c10-6-1-2-8(14-4-3-13)7(5-6)9(11)12/h1-2,5,13H,3-4H2,(H3,11,12). The molecule has 4 N–H and O–H groups in total. The lowest BCUT2D eigenvalue weighted by Crippen LogP contribution is -2.12. The van der Waals surface area contributed by atoms with Crippen molar-refractivity contribution < 1.29 is 5.11 Å². The number of aliphatic hydroxyl groups excluding tert-OH is 1. The largest absolute Gasteiger partial charge is 0.396 e. The van der Waals surface area contributed by atoms with Crippen LogP contribution in [0, 0.1) is 5.41 Å². The van der Waals surface area contributed by atoms with E-state index in [1.807, 2.05) is 18.2 Å². The molecule has 0 aromatic heterocycles. The van der Waals surface area contributed by atoms with Crippen molar-refractivity contribution in [2.75, 3.05) is 12.4 Å². The molecule has 0 spiro atoms. The van der Waals surface area contributed by atoms with Crippen molar-refractivity contribution in [1.82, 2.24) is 0 Å². The zero-order valence-corrected chi connectivity index (χ0v) is 9.86. The Labute approximate surface area is 95.3 Å². The van der Waals surface area contributed by atoms with Gasteiger partial charge >= 0.3 is 0 Å². The Kier molecular flexibility index (Phi) is 4.44. The molecular formula is C9H11BrN2OS. The maximum atomic E-state index is 8.70. The van der Waals surface area contributed by atoms with Crippen LogP contribution in [-0.4, -0.2) is 23.3 Å². The smallest absolute Gasteiger partial charge is 0.123 e. The summed E-state index contributed by atoms with van der Waals surface area (Å²) in [5, 5.41) is 16.1. The summed E-state index contributed by atoms with van der Waals surface area (Å²) in [6.45, 7) is 0.123. The minimum absolute atomic E-state index is 0.0479. The van der Waals surface area contributed by atoms with Gasteiger partial charge in [0.2, 0.25) is 0 Å². The van der Waals surface area contributed by atoms with Crippen molar-refractivity contribution in [3.8, 4) is 0 Å². The quantitative estimate of drug-likeness (QED) is 0.446. The van der Waals surface area contributed by atoms with E-state index in [0.717, 1.165) is 9.37 Å². The van der Waals surface area contributed by atoms with E-state index in [9.17, 15) is 0 Å². The highest BCUT2D eigenvalue weighted by atomic mass is 79.9. The number of thioether (sulfide) groups is 1. The number of nitrogen functional groups attached to an aromatic ring is 1. The molecule has 0 aliphatic rings. The van der Waals surface area contributed by atoms with E-state index in [1.54, 1.807) is 0 Å². The molecule has 0 amide bonds. The summed E-state index contributed by atoms with van der Waals surface area (Å²) in [5.41, 5.74) is 6.15. The molecule has 0 heterocycles. The molecule has 0 fully saturated rings. The Hall–Kier alpha value is -0.520. The Morgan fingerprint density at radius 3 is 2.86 bits per heavy atom. The minimum atomic E-state index is 0.0479. The number of halogens is 1. The van der Waals surface area contributed by atoms with Crippen molar-refractivity contribution in [3.63, 3.8) is 0 Å². The molecule has 3 nitrogen and oxygen atoms in total. The Balaban J connectivity index is 2.96. The first kappa shape index (κ1) is 11.6. The molecule has 0 aliphatic carbocycles. The van der Waals surface area contributed by atoms with Crippen molar-refractivity contribution in [3.05, 3.63) is 28.2 Å². The van der Waals surface area contributed by atoms with Gasteiger partial charge in [-0.1, -0.05) is 15.9 Å². The number of benzene rings is 1. The van der Waals surface area contributed by atoms with E-state index < -0.39 is 0 Å². The first-order valence-electron chi connectivity index (χ1n) is 4.02. The van der Waals surface area contributed by atoms with Gasteiger partial charge in [0.15, 0.2) is 0 Å². The van der Waals surface area contributed by atoms with Crippen molar-refractivity contribution in [2.24, 2.45) is 5.73 Å². The monoisotopic (exact) mass is 274 g/mol. The summed E-state index contributed by atoms with van der Waals surface area (Å²) in [7, 11) is 0. The fraction of sp³-hybridized carbons (Fsp3) is 0.222. The van der Waals surface area contributed by atoms with Gasteiger partial charge in [0.05, 0.1) is 6.61 Å². The lowest BCUT2D eigenvalue weighted by molar-refractivity contribution is 0.322. The van der Waals surface area contributed by atoms with Crippen LogP contribution in [0.3, 0.4) is 0 Å². The maximum Gasteiger partial charge on any atom is 0.123 e. The van der Waals surface area contributed by atoms with Gasteiger partial charge in [-0.05, 0) is 18.2 Å². The lowest BCUT2D eigenvalue weighted by atomic mass is 10.2. The predicted octanol–water partition coefficient (Wildman–Crippen LogP) is 1.82. The second-order valence-electron chi connectivity index (χ2n) is 2.63. The topological polar surface area (TPSA) is 70.1 Å². The number of hydrogen-bond acceptors (Lipinski definition) is 3. The molecule has 1 aromatic carbocycles. The molecule has 1 aromatic rings. The summed E-state index contributed by atoms with van der Waals surface area (Å²) in [4.78, 5) is 0.926. The molecule has 5 heteroatoms. The zero-order valence-electron chi connectivity index (χ0n) is 7.46. The van der Waals surface area contributed by atoms with Crippen LogP contribution in [0.25, 0.3) is 0 Å². The lowest BCUT2D eigenvalue weighted by Gasteiger charge is -2.07. The first-order valence-corrected chi connectivity index (χ1v) is 5.80. The van der Waals surface area contributed by atoms with Gasteiger partial charge in [-0.15, -0.1) is 11.8 Å². The van der Waals surface area contributed by atoms with Crippen LogP contribution in [0.4, 0.5) is 0 Å². The highest BCUT2D eigenvalue weighted by molar-refractivity contribution is 9.10. The SMILES string of the molecule is N=C(N)c1cc(Br)ccc1SCCO. The van der Waals surface area contributed by atoms with Gasteiger partial charge in [0.25, 0.3) is 0 Å². The van der Waals surface area contributed by atoms with Crippen LogP contribution in [0.5, 0.6) is 0 Å². The molecular weight excluding hydrogens is 264 g/mol. The van der Waals surface area contributed by atoms with Gasteiger partial charge in [0.1, 0.15) is 5.84 Å². The zero-order chi connectivity index (χ0) is 10.6. The Bertz CT molecular complexity index is 344. The first-order chi connectivity index (χ1) is 6.65. The molecule has 0 unspecified atom stereocenters. The van der Waals surface area contributed by atoms with Crippen LogP contribution in [0.1, 0.15) is 5.56 Å². The minimum Gasteiger partial charge on any atom is -0.396 e. The van der Waals surface area contributed by atoms with Gasteiger partial charge in [-0.25, -0.2) is 0 Å². The molecule has 0 radical (unpaired) electrons. The number of nitrogens with two attached hydrogens (primary N) is 1. The average molecular weight is 275 g/mol. The molecule has 0 saturated heterocycles. The third kappa shape index (κ3) is 3.01. The van der Waals surface area contributed by atoms with Gasteiger partial charge in [-0.2, -0.15) is 0 Å². The van der Waals surface area contributed by atoms with Crippen LogP contribution < -0.4 is 5.73 Å². The second kappa shape index (κ2) is 5.38. The molecule has 76 valence electrons. The summed E-state index contributed by atoms with van der Waals surface area (Å²) >= 11 is 4.81. The van der Waals surface area contributed by atoms with Crippen molar-refractivity contribution >= 4 is 33.5 Å². The molecule has 14 heavy (non-hydrogen) atoms. The third-order valence-corrected chi connectivity index (χ3v) is 3.13. The fourth-order valence-corrected chi connectivity index (χ4v) is 2.16. The predicted molar refractivity (Wildman–Crippen MR) is 63.0 cm³/mol. The molecule has 0 atom stereocenters. The number of nitrogens with one attached hydrogen (secondary N) is 1. The van der Waals surface area contributed by atoms with E-state index in [4.69, 9.17) is 16.2 Å². The van der Waals surface area contributed by atoms with Gasteiger partial charge in [0, 0.05) is 20.7 Å². The van der Waals surface area contributed by atoms with E-state index in [2.05, 4.69) is 15.9 Å². The molecule has 0 bridgehead atoms. The fourth-order valence-electron chi connectivity index (χ4n) is 0.994. The summed E-state index contributed by atoms with van der Waals surface area (Å²) in [6, 6.07) is 5.59. The van der Waals surface area contributed by atoms with Crippen LogP contribution >= 0.6 is 27.7 Å². The van der Waals surface area contributed by atoms with Crippen LogP contribution in [0.15, 0.2) is 27.6 Å². The van der Waals surface area contributed by atoms with E-state index >= 15 is 0 Å². The number of aliphatic hydroxyl groups is 1. The van der Waals surface area contributed by atoms with Crippen molar-refractivity contribution in [1.29, 1.82) is 5.41 Å². The molecule has 0 saturated carbocycles. The summed E-state index contributed by atoms with van der Waals surface area (Å²) < 4.78 is 0.899. The Morgan fingerprint density at radius 1 is 1.57 bits per heavy atom. The normalized spacial score (nSPS) is 10.1. The number of hydrogen-bond donors (Lipinski definition) is 3. The van der Waals surface area contributed by atoms with Crippen LogP contribution in [0.2, 0.25) is 0 Å². The van der Waals surface area contributed by atoms with E-state index in [0.29, 0.717) is 11.3 Å². The van der Waals surface area contributed by atoms with E-state index in [-0.39, 0.29) is 12.4 Å². The van der Waals surface area contributed by atoms with Gasteiger partial charge in [-0.3, -0.25) is 5.41 Å². The summed E-state index contributed by atoms with van der Waals surface area (Å²) in [6.07, 6.45) is 0. The average Bonchev–Trinajstić information content (AvgIpc) is 2.15. The number of amidine groups is 1. The molecule has 0 aliphatic heterocycles. The van der Waals surface area contributed by atoms with Crippen molar-refractivity contribution in [2.45, 2.75) is 4.90 Å². The highest BCUT2D eigenvalue weighted by Gasteiger charge is 2.06. The number of rotatable bonds is 4. The second-order valence-corrected chi connectivity index (χ2v) is 4.68. The summed E-state index contributed by atoms with van der Waals surface area (Å²) in [5.74, 6) is 0.661. The van der Waals surface area contributed by atoms with Crippen LogP contribution in [-0.2, 0) is 0 Å². The molecule has 1 rings (SSSR count). The highest BCUT2D eigenvalue weighted by Crippen LogP contribution is 2.25. The maximum absolute atomic E-state index is 8.70. The Morgan fingerprint density at radius 2 is 2.29 bits per heavy atom. The van der Waals surface area contributed by atoms with Gasteiger partial charge < -0.3 is 10.8 Å². The third-order valence-electron chi connectivity index (χ3n) is 1.58. The van der Waals surface area contributed by atoms with E-state index in [1.165, 1.54) is 11.8 Å².